The molecule has 0 amide bonds. The van der Waals surface area contributed by atoms with E-state index in [1.807, 2.05) is 0 Å². The molecule has 2 rings (SSSR count). The first-order chi connectivity index (χ1) is 8.09. The maximum Gasteiger partial charge on any atom is 0.161 e. The highest BCUT2D eigenvalue weighted by Gasteiger charge is 2.14. The van der Waals surface area contributed by atoms with Crippen molar-refractivity contribution < 1.29 is 13.6 Å². The number of rotatable bonds is 2. The number of benzene rings is 1. The summed E-state index contributed by atoms with van der Waals surface area (Å²) in [6.45, 7) is 1.38. The van der Waals surface area contributed by atoms with Crippen molar-refractivity contribution >= 4 is 5.78 Å². The lowest BCUT2D eigenvalue weighted by Gasteiger charge is -2.06. The van der Waals surface area contributed by atoms with Crippen molar-refractivity contribution in [3.05, 3.63) is 53.7 Å². The SMILES string of the molecule is CC(=O)c1cccnc1-c1ccc(F)cc1F. The number of halogens is 2. The molecule has 0 fully saturated rings. The van der Waals surface area contributed by atoms with E-state index in [9.17, 15) is 13.6 Å². The van der Waals surface area contributed by atoms with Gasteiger partial charge >= 0.3 is 0 Å². The number of aromatic nitrogens is 1. The van der Waals surface area contributed by atoms with Gasteiger partial charge in [0.15, 0.2) is 5.78 Å². The van der Waals surface area contributed by atoms with Gasteiger partial charge in [0.05, 0.1) is 5.69 Å². The molecule has 0 bridgehead atoms. The highest BCUT2D eigenvalue weighted by molar-refractivity contribution is 5.99. The minimum absolute atomic E-state index is 0.122. The van der Waals surface area contributed by atoms with E-state index in [4.69, 9.17) is 0 Å². The third-order valence-corrected chi connectivity index (χ3v) is 2.37. The number of Topliss-reactive ketones (excluding diaryl/α,β-unsaturated/α-hetero) is 1. The van der Waals surface area contributed by atoms with Crippen molar-refractivity contribution in [1.82, 2.24) is 4.98 Å². The Morgan fingerprint density at radius 1 is 1.24 bits per heavy atom. The van der Waals surface area contributed by atoms with Crippen LogP contribution in [-0.2, 0) is 0 Å². The summed E-state index contributed by atoms with van der Waals surface area (Å²) in [6.07, 6.45) is 1.46. The number of hydrogen-bond acceptors (Lipinski definition) is 2. The van der Waals surface area contributed by atoms with E-state index in [2.05, 4.69) is 4.98 Å². The molecule has 1 heterocycles. The summed E-state index contributed by atoms with van der Waals surface area (Å²) in [5.74, 6) is -1.60. The summed E-state index contributed by atoms with van der Waals surface area (Å²) in [4.78, 5) is 15.4. The van der Waals surface area contributed by atoms with Crippen LogP contribution < -0.4 is 0 Å². The third-order valence-electron chi connectivity index (χ3n) is 2.37. The maximum atomic E-state index is 13.6. The average molecular weight is 233 g/mol. The average Bonchev–Trinajstić information content (AvgIpc) is 2.29. The van der Waals surface area contributed by atoms with Crippen molar-refractivity contribution in [2.75, 3.05) is 0 Å². The summed E-state index contributed by atoms with van der Waals surface area (Å²) >= 11 is 0. The van der Waals surface area contributed by atoms with Crippen LogP contribution in [0.5, 0.6) is 0 Å². The number of nitrogens with zero attached hydrogens (tertiary/aromatic N) is 1. The zero-order valence-corrected chi connectivity index (χ0v) is 9.08. The second-order valence-electron chi connectivity index (χ2n) is 3.58. The van der Waals surface area contributed by atoms with Crippen LogP contribution in [0.1, 0.15) is 17.3 Å². The quantitative estimate of drug-likeness (QED) is 0.745. The molecule has 1 aromatic carbocycles. The second kappa shape index (κ2) is 4.41. The topological polar surface area (TPSA) is 30.0 Å². The van der Waals surface area contributed by atoms with Crippen molar-refractivity contribution in [2.45, 2.75) is 6.92 Å². The van der Waals surface area contributed by atoms with Crippen LogP contribution in [-0.4, -0.2) is 10.8 Å². The van der Waals surface area contributed by atoms with E-state index in [1.165, 1.54) is 19.2 Å². The Bertz CT molecular complexity index is 581. The molecule has 2 aromatic rings. The lowest BCUT2D eigenvalue weighted by atomic mass is 10.0. The van der Waals surface area contributed by atoms with Crippen molar-refractivity contribution in [3.63, 3.8) is 0 Å². The first-order valence-electron chi connectivity index (χ1n) is 5.01. The Morgan fingerprint density at radius 2 is 2.00 bits per heavy atom. The van der Waals surface area contributed by atoms with Crippen LogP contribution in [0.15, 0.2) is 36.5 Å². The first-order valence-corrected chi connectivity index (χ1v) is 5.01. The van der Waals surface area contributed by atoms with Crippen LogP contribution in [0.25, 0.3) is 11.3 Å². The predicted octanol–water partition coefficient (Wildman–Crippen LogP) is 3.23. The molecule has 0 N–H and O–H groups in total. The molecule has 0 spiro atoms. The van der Waals surface area contributed by atoms with Gasteiger partial charge in [-0.25, -0.2) is 8.78 Å². The van der Waals surface area contributed by atoms with Gasteiger partial charge in [0.1, 0.15) is 11.6 Å². The van der Waals surface area contributed by atoms with Crippen molar-refractivity contribution in [1.29, 1.82) is 0 Å². The smallest absolute Gasteiger partial charge is 0.161 e. The van der Waals surface area contributed by atoms with E-state index in [0.717, 1.165) is 12.1 Å². The van der Waals surface area contributed by atoms with Gasteiger partial charge in [-0.1, -0.05) is 0 Å². The van der Waals surface area contributed by atoms with E-state index in [1.54, 1.807) is 12.1 Å². The molecule has 0 saturated carbocycles. The Hall–Kier alpha value is -2.10. The monoisotopic (exact) mass is 233 g/mol. The van der Waals surface area contributed by atoms with Gasteiger partial charge in [-0.3, -0.25) is 9.78 Å². The molecule has 4 heteroatoms. The minimum atomic E-state index is -0.730. The summed E-state index contributed by atoms with van der Waals surface area (Å²) in [7, 11) is 0. The van der Waals surface area contributed by atoms with Gasteiger partial charge in [-0.15, -0.1) is 0 Å². The molecule has 0 aliphatic heterocycles. The van der Waals surface area contributed by atoms with Crippen LogP contribution in [0, 0.1) is 11.6 Å². The van der Waals surface area contributed by atoms with E-state index >= 15 is 0 Å². The van der Waals surface area contributed by atoms with Crippen molar-refractivity contribution in [2.24, 2.45) is 0 Å². The van der Waals surface area contributed by atoms with Gasteiger partial charge in [-0.05, 0) is 31.2 Å². The summed E-state index contributed by atoms with van der Waals surface area (Å²) in [5.41, 5.74) is 0.674. The van der Waals surface area contributed by atoms with Crippen LogP contribution in [0.2, 0.25) is 0 Å². The van der Waals surface area contributed by atoms with Gasteiger partial charge in [-0.2, -0.15) is 0 Å². The molecule has 2 nitrogen and oxygen atoms in total. The Kier molecular flexibility index (Phi) is 2.95. The zero-order valence-electron chi connectivity index (χ0n) is 9.08. The number of carbonyl (C=O) groups excluding carboxylic acids is 1. The molecule has 0 aliphatic carbocycles. The molecule has 86 valence electrons. The van der Waals surface area contributed by atoms with E-state index in [-0.39, 0.29) is 17.0 Å². The standard InChI is InChI=1S/C13H9F2NO/c1-8(17)10-3-2-6-16-13(10)11-5-4-9(14)7-12(11)15/h2-7H,1H3. The molecular formula is C13H9F2NO. The highest BCUT2D eigenvalue weighted by atomic mass is 19.1. The lowest BCUT2D eigenvalue weighted by Crippen LogP contribution is -1.99. The van der Waals surface area contributed by atoms with E-state index < -0.39 is 11.6 Å². The minimum Gasteiger partial charge on any atom is -0.294 e. The fraction of sp³-hybridized carbons (Fsp3) is 0.0769. The summed E-state index contributed by atoms with van der Waals surface area (Å²) in [5, 5.41) is 0. The largest absolute Gasteiger partial charge is 0.294 e. The summed E-state index contributed by atoms with van der Waals surface area (Å²) < 4.78 is 26.4. The maximum absolute atomic E-state index is 13.6. The fourth-order valence-electron chi connectivity index (χ4n) is 1.59. The van der Waals surface area contributed by atoms with Gasteiger partial charge in [0.25, 0.3) is 0 Å². The molecule has 0 unspecified atom stereocenters. The Balaban J connectivity index is 2.64. The van der Waals surface area contributed by atoms with Crippen molar-refractivity contribution in [3.8, 4) is 11.3 Å². The molecular weight excluding hydrogens is 224 g/mol. The number of pyridine rings is 1. The number of hydrogen-bond donors (Lipinski definition) is 0. The molecule has 0 saturated heterocycles. The first kappa shape index (κ1) is 11.4. The van der Waals surface area contributed by atoms with Crippen LogP contribution >= 0.6 is 0 Å². The van der Waals surface area contributed by atoms with Crippen LogP contribution in [0.3, 0.4) is 0 Å². The molecule has 0 radical (unpaired) electrons. The molecule has 0 aliphatic rings. The fourth-order valence-corrected chi connectivity index (χ4v) is 1.59. The van der Waals surface area contributed by atoms with E-state index in [0.29, 0.717) is 5.56 Å². The molecule has 1 aromatic heterocycles. The van der Waals surface area contributed by atoms with Gasteiger partial charge in [0.2, 0.25) is 0 Å². The lowest BCUT2D eigenvalue weighted by molar-refractivity contribution is 0.101. The normalized spacial score (nSPS) is 10.3. The number of carbonyl (C=O) groups is 1. The molecule has 0 atom stereocenters. The summed E-state index contributed by atoms with van der Waals surface area (Å²) in [6, 6.07) is 6.35. The predicted molar refractivity (Wildman–Crippen MR) is 59.6 cm³/mol. The highest BCUT2D eigenvalue weighted by Crippen LogP contribution is 2.24. The molecule has 17 heavy (non-hydrogen) atoms. The Morgan fingerprint density at radius 3 is 2.65 bits per heavy atom. The second-order valence-corrected chi connectivity index (χ2v) is 3.58. The number of ketones is 1. The van der Waals surface area contributed by atoms with Crippen LogP contribution in [0.4, 0.5) is 8.78 Å². The third kappa shape index (κ3) is 2.20. The van der Waals surface area contributed by atoms with Gasteiger partial charge in [0, 0.05) is 23.4 Å². The zero-order chi connectivity index (χ0) is 12.4. The van der Waals surface area contributed by atoms with Gasteiger partial charge < -0.3 is 0 Å². The Labute approximate surface area is 96.9 Å².